The van der Waals surface area contributed by atoms with Crippen LogP contribution in [-0.2, 0) is 0 Å². The lowest BCUT2D eigenvalue weighted by molar-refractivity contribution is 1.29. The molecule has 0 aliphatic heterocycles. The molecule has 0 aromatic rings. The second-order valence-corrected chi connectivity index (χ2v) is 1.96. The zero-order valence-corrected chi connectivity index (χ0v) is 7.39. The quantitative estimate of drug-likeness (QED) is 0.326. The molecule has 11 heavy (non-hydrogen) atoms. The molecule has 0 unspecified atom stereocenters. The number of hydrogen-bond acceptors (Lipinski definition) is 1. The fourth-order valence-electron chi connectivity index (χ4n) is 0.547. The maximum atomic E-state index is 4.12. The summed E-state index contributed by atoms with van der Waals surface area (Å²) in [5.41, 5.74) is 0. The van der Waals surface area contributed by atoms with Gasteiger partial charge in [0.25, 0.3) is 0 Å². The van der Waals surface area contributed by atoms with E-state index in [1.165, 1.54) is 0 Å². The van der Waals surface area contributed by atoms with E-state index in [-0.39, 0.29) is 0 Å². The molecule has 0 heterocycles. The zero-order valence-electron chi connectivity index (χ0n) is 7.39. The van der Waals surface area contributed by atoms with E-state index in [1.807, 2.05) is 20.1 Å². The van der Waals surface area contributed by atoms with E-state index < -0.39 is 0 Å². The Morgan fingerprint density at radius 1 is 1.55 bits per heavy atom. The molecule has 0 saturated carbocycles. The van der Waals surface area contributed by atoms with Crippen molar-refractivity contribution in [3.8, 4) is 11.8 Å². The molecule has 0 aromatic heterocycles. The minimum Gasteiger partial charge on any atom is -0.273 e. The molecule has 0 rings (SSSR count). The van der Waals surface area contributed by atoms with Gasteiger partial charge in [0, 0.05) is 13.3 Å². The normalized spacial score (nSPS) is 11.4. The molecule has 0 saturated heterocycles. The van der Waals surface area contributed by atoms with Gasteiger partial charge in [0.15, 0.2) is 0 Å². The van der Waals surface area contributed by atoms with Crippen LogP contribution < -0.4 is 0 Å². The predicted octanol–water partition coefficient (Wildman–Crippen LogP) is 1.91. The van der Waals surface area contributed by atoms with Gasteiger partial charge in [-0.05, 0) is 13.3 Å². The highest BCUT2D eigenvalue weighted by Gasteiger charge is 1.87. The molecule has 60 valence electrons. The van der Waals surface area contributed by atoms with Crippen LogP contribution in [0, 0.1) is 11.8 Å². The van der Waals surface area contributed by atoms with E-state index in [0.717, 1.165) is 12.3 Å². The highest BCUT2D eigenvalue weighted by molar-refractivity contribution is 5.90. The number of hydrogen-bond donors (Lipinski definition) is 0. The molecular weight excluding hydrogens is 136 g/mol. The highest BCUT2D eigenvalue weighted by atomic mass is 14.9. The number of nitrogens with zero attached hydrogens (tertiary/aromatic N) is 2. The first-order valence-electron chi connectivity index (χ1n) is 3.73. The van der Waals surface area contributed by atoms with Gasteiger partial charge >= 0.3 is 0 Å². The molecule has 0 aromatic carbocycles. The SMILES string of the molecule is CC#CCC(N=CCC)=NC. The Labute approximate surface area is 68.4 Å². The van der Waals surface area contributed by atoms with Crippen LogP contribution in [0.25, 0.3) is 0 Å². The summed E-state index contributed by atoms with van der Waals surface area (Å²) in [6.07, 6.45) is 3.45. The largest absolute Gasteiger partial charge is 0.273 e. The minimum atomic E-state index is 0.656. The van der Waals surface area contributed by atoms with Gasteiger partial charge in [-0.25, -0.2) is 4.99 Å². The highest BCUT2D eigenvalue weighted by Crippen LogP contribution is 1.86. The van der Waals surface area contributed by atoms with Gasteiger partial charge in [0.2, 0.25) is 0 Å². The molecule has 0 fully saturated rings. The molecule has 0 spiro atoms. The van der Waals surface area contributed by atoms with Crippen molar-refractivity contribution < 1.29 is 0 Å². The van der Waals surface area contributed by atoms with Crippen molar-refractivity contribution in [1.29, 1.82) is 0 Å². The molecule has 0 aliphatic rings. The Balaban J connectivity index is 3.94. The van der Waals surface area contributed by atoms with Crippen molar-refractivity contribution in [2.45, 2.75) is 26.7 Å². The summed E-state index contributed by atoms with van der Waals surface area (Å²) in [6.45, 7) is 3.86. The summed E-state index contributed by atoms with van der Waals surface area (Å²) in [4.78, 5) is 8.10. The van der Waals surface area contributed by atoms with Gasteiger partial charge in [0.05, 0.1) is 6.42 Å². The van der Waals surface area contributed by atoms with Crippen LogP contribution in [0.5, 0.6) is 0 Å². The fourth-order valence-corrected chi connectivity index (χ4v) is 0.547. The number of aliphatic imine (C=N–C) groups is 2. The maximum Gasteiger partial charge on any atom is 0.134 e. The van der Waals surface area contributed by atoms with Crippen molar-refractivity contribution >= 4 is 12.1 Å². The summed E-state index contributed by atoms with van der Waals surface area (Å²) in [5.74, 6) is 6.52. The fraction of sp³-hybridized carbons (Fsp3) is 0.556. The van der Waals surface area contributed by atoms with Crippen LogP contribution in [0.1, 0.15) is 26.7 Å². The van der Waals surface area contributed by atoms with Crippen LogP contribution in [0.2, 0.25) is 0 Å². The summed E-state index contributed by atoms with van der Waals surface area (Å²) in [5, 5.41) is 0. The maximum absolute atomic E-state index is 4.12. The second-order valence-electron chi connectivity index (χ2n) is 1.96. The second kappa shape index (κ2) is 7.01. The summed E-state index contributed by atoms with van der Waals surface area (Å²) in [6, 6.07) is 0. The zero-order chi connectivity index (χ0) is 8.53. The third kappa shape index (κ3) is 5.35. The Morgan fingerprint density at radius 3 is 2.73 bits per heavy atom. The molecule has 0 atom stereocenters. The standard InChI is InChI=1S/C9H14N2/c1-4-6-7-9(10-3)11-8-5-2/h8H,5,7H2,1-3H3. The Kier molecular flexibility index (Phi) is 6.31. The predicted molar refractivity (Wildman–Crippen MR) is 50.2 cm³/mol. The average Bonchev–Trinajstić information content (AvgIpc) is 2.05. The van der Waals surface area contributed by atoms with Gasteiger partial charge in [0.1, 0.15) is 5.84 Å². The Bertz CT molecular complexity index is 203. The van der Waals surface area contributed by atoms with Crippen molar-refractivity contribution in [3.63, 3.8) is 0 Å². The average molecular weight is 150 g/mol. The molecule has 0 aliphatic carbocycles. The molecule has 0 amide bonds. The van der Waals surface area contributed by atoms with Gasteiger partial charge < -0.3 is 0 Å². The van der Waals surface area contributed by atoms with Crippen LogP contribution in [0.3, 0.4) is 0 Å². The van der Waals surface area contributed by atoms with Gasteiger partial charge in [-0.3, -0.25) is 4.99 Å². The molecule has 2 nitrogen and oxygen atoms in total. The van der Waals surface area contributed by atoms with Gasteiger partial charge in [-0.15, -0.1) is 5.92 Å². The third-order valence-electron chi connectivity index (χ3n) is 1.10. The third-order valence-corrected chi connectivity index (χ3v) is 1.10. The van der Waals surface area contributed by atoms with Gasteiger partial charge in [-0.1, -0.05) is 12.8 Å². The first-order valence-corrected chi connectivity index (χ1v) is 3.73. The minimum absolute atomic E-state index is 0.656. The van der Waals surface area contributed by atoms with E-state index in [9.17, 15) is 0 Å². The molecule has 0 radical (unpaired) electrons. The van der Waals surface area contributed by atoms with Crippen molar-refractivity contribution in [2.24, 2.45) is 9.98 Å². The van der Waals surface area contributed by atoms with Crippen LogP contribution >= 0.6 is 0 Å². The van der Waals surface area contributed by atoms with Crippen LogP contribution in [0.4, 0.5) is 0 Å². The van der Waals surface area contributed by atoms with E-state index in [1.54, 1.807) is 7.05 Å². The van der Waals surface area contributed by atoms with Crippen LogP contribution in [-0.4, -0.2) is 19.1 Å². The number of amidine groups is 1. The van der Waals surface area contributed by atoms with Crippen molar-refractivity contribution in [3.05, 3.63) is 0 Å². The Morgan fingerprint density at radius 2 is 2.27 bits per heavy atom. The van der Waals surface area contributed by atoms with Gasteiger partial charge in [-0.2, -0.15) is 0 Å². The molecule has 0 N–H and O–H groups in total. The Hall–Kier alpha value is -1.10. The first kappa shape index (κ1) is 9.90. The van der Waals surface area contributed by atoms with Crippen molar-refractivity contribution in [1.82, 2.24) is 0 Å². The lowest BCUT2D eigenvalue weighted by atomic mass is 10.4. The van der Waals surface area contributed by atoms with Crippen molar-refractivity contribution in [2.75, 3.05) is 7.05 Å². The lowest BCUT2D eigenvalue weighted by Crippen LogP contribution is -1.91. The molecular formula is C9H14N2. The lowest BCUT2D eigenvalue weighted by Gasteiger charge is -1.90. The van der Waals surface area contributed by atoms with E-state index in [0.29, 0.717) is 6.42 Å². The molecule has 0 bridgehead atoms. The monoisotopic (exact) mass is 150 g/mol. The summed E-state index contributed by atoms with van der Waals surface area (Å²) < 4.78 is 0. The number of rotatable bonds is 2. The van der Waals surface area contributed by atoms with E-state index in [4.69, 9.17) is 0 Å². The van der Waals surface area contributed by atoms with E-state index >= 15 is 0 Å². The topological polar surface area (TPSA) is 24.7 Å². The van der Waals surface area contributed by atoms with E-state index in [2.05, 4.69) is 21.8 Å². The smallest absolute Gasteiger partial charge is 0.134 e. The van der Waals surface area contributed by atoms with Crippen LogP contribution in [0.15, 0.2) is 9.98 Å². The summed E-state index contributed by atoms with van der Waals surface area (Å²) >= 11 is 0. The summed E-state index contributed by atoms with van der Waals surface area (Å²) in [7, 11) is 1.74. The molecule has 2 heteroatoms. The first-order chi connectivity index (χ1) is 5.35.